The summed E-state index contributed by atoms with van der Waals surface area (Å²) in [6, 6.07) is 19.7. The molecule has 1 N–H and O–H groups in total. The van der Waals surface area contributed by atoms with Crippen LogP contribution in [0.2, 0.25) is 0 Å². The molecule has 0 saturated heterocycles. The van der Waals surface area contributed by atoms with Crippen LogP contribution in [0, 0.1) is 0 Å². The third-order valence-electron chi connectivity index (χ3n) is 5.55. The Kier molecular flexibility index (Phi) is 4.66. The van der Waals surface area contributed by atoms with E-state index in [4.69, 9.17) is 4.74 Å². The summed E-state index contributed by atoms with van der Waals surface area (Å²) in [7, 11) is 1.73. The summed E-state index contributed by atoms with van der Waals surface area (Å²) in [5.41, 5.74) is 5.11. The second-order valence-corrected chi connectivity index (χ2v) is 7.14. The Balaban J connectivity index is 1.56. The van der Waals surface area contributed by atoms with Crippen LogP contribution >= 0.6 is 0 Å². The van der Waals surface area contributed by atoms with Crippen molar-refractivity contribution in [3.8, 4) is 5.75 Å². The lowest BCUT2D eigenvalue weighted by atomic mass is 9.92. The molecule has 3 heteroatoms. The SMILES string of the molecule is COc1ccc2c(c1)CCN(Cc1ccc3cc(CO)ccc3c1)C2C. The second kappa shape index (κ2) is 7.10. The molecular weight excluding hydrogens is 322 g/mol. The molecule has 134 valence electrons. The average molecular weight is 347 g/mol. The highest BCUT2D eigenvalue weighted by molar-refractivity contribution is 5.83. The van der Waals surface area contributed by atoms with E-state index < -0.39 is 0 Å². The summed E-state index contributed by atoms with van der Waals surface area (Å²) in [6.07, 6.45) is 1.06. The number of hydrogen-bond acceptors (Lipinski definition) is 3. The number of ether oxygens (including phenoxy) is 1. The van der Waals surface area contributed by atoms with Crippen molar-refractivity contribution in [2.45, 2.75) is 32.5 Å². The Morgan fingerprint density at radius 3 is 2.46 bits per heavy atom. The third kappa shape index (κ3) is 3.20. The van der Waals surface area contributed by atoms with Crippen LogP contribution in [0.5, 0.6) is 5.75 Å². The van der Waals surface area contributed by atoms with Crippen molar-refractivity contribution in [1.29, 1.82) is 0 Å². The Hall–Kier alpha value is -2.36. The zero-order valence-electron chi connectivity index (χ0n) is 15.4. The van der Waals surface area contributed by atoms with Gasteiger partial charge in [-0.15, -0.1) is 0 Å². The van der Waals surface area contributed by atoms with Crippen LogP contribution in [0.15, 0.2) is 54.6 Å². The summed E-state index contributed by atoms with van der Waals surface area (Å²) < 4.78 is 5.37. The summed E-state index contributed by atoms with van der Waals surface area (Å²) in [5, 5.41) is 11.7. The first-order valence-corrected chi connectivity index (χ1v) is 9.21. The number of fused-ring (bicyclic) bond motifs is 2. The quantitative estimate of drug-likeness (QED) is 0.756. The maximum Gasteiger partial charge on any atom is 0.119 e. The minimum absolute atomic E-state index is 0.0905. The summed E-state index contributed by atoms with van der Waals surface area (Å²) >= 11 is 0. The number of nitrogens with zero attached hydrogens (tertiary/aromatic N) is 1. The van der Waals surface area contributed by atoms with Gasteiger partial charge in [0, 0.05) is 19.1 Å². The van der Waals surface area contributed by atoms with Gasteiger partial charge in [-0.3, -0.25) is 4.90 Å². The van der Waals surface area contributed by atoms with Gasteiger partial charge >= 0.3 is 0 Å². The number of benzene rings is 3. The summed E-state index contributed by atoms with van der Waals surface area (Å²) in [6.45, 7) is 4.39. The van der Waals surface area contributed by atoms with Crippen molar-refractivity contribution >= 4 is 10.8 Å². The normalized spacial score (nSPS) is 17.3. The fraction of sp³-hybridized carbons (Fsp3) is 0.304. The largest absolute Gasteiger partial charge is 0.497 e. The van der Waals surface area contributed by atoms with Crippen LogP contribution in [0.3, 0.4) is 0 Å². The highest BCUT2D eigenvalue weighted by Gasteiger charge is 2.24. The van der Waals surface area contributed by atoms with Gasteiger partial charge in [0.05, 0.1) is 13.7 Å². The topological polar surface area (TPSA) is 32.7 Å². The second-order valence-electron chi connectivity index (χ2n) is 7.14. The van der Waals surface area contributed by atoms with Gasteiger partial charge in [0.1, 0.15) is 5.75 Å². The molecule has 0 aliphatic carbocycles. The van der Waals surface area contributed by atoms with Crippen LogP contribution in [0.1, 0.15) is 35.2 Å². The fourth-order valence-electron chi connectivity index (χ4n) is 3.98. The molecule has 26 heavy (non-hydrogen) atoms. The maximum absolute atomic E-state index is 9.30. The lowest BCUT2D eigenvalue weighted by Gasteiger charge is -2.35. The van der Waals surface area contributed by atoms with Crippen LogP contribution < -0.4 is 4.74 Å². The Labute approximate surface area is 154 Å². The highest BCUT2D eigenvalue weighted by atomic mass is 16.5. The number of aliphatic hydroxyl groups excluding tert-OH is 1. The van der Waals surface area contributed by atoms with Gasteiger partial charge in [-0.1, -0.05) is 30.3 Å². The van der Waals surface area contributed by atoms with Gasteiger partial charge < -0.3 is 9.84 Å². The first-order chi connectivity index (χ1) is 12.7. The number of rotatable bonds is 4. The lowest BCUT2D eigenvalue weighted by molar-refractivity contribution is 0.189. The molecule has 3 nitrogen and oxygen atoms in total. The van der Waals surface area contributed by atoms with E-state index in [1.54, 1.807) is 7.11 Å². The molecule has 4 rings (SSSR count). The predicted octanol–water partition coefficient (Wildman–Crippen LogP) is 4.46. The number of methoxy groups -OCH3 is 1. The van der Waals surface area contributed by atoms with Gasteiger partial charge in [-0.05, 0) is 70.6 Å². The van der Waals surface area contributed by atoms with Crippen molar-refractivity contribution < 1.29 is 9.84 Å². The van der Waals surface area contributed by atoms with Crippen molar-refractivity contribution in [2.75, 3.05) is 13.7 Å². The van der Waals surface area contributed by atoms with Crippen LogP contribution in [-0.4, -0.2) is 23.7 Å². The molecule has 0 saturated carbocycles. The molecular formula is C23H25NO2. The minimum atomic E-state index is 0.0905. The monoisotopic (exact) mass is 347 g/mol. The van der Waals surface area contributed by atoms with Crippen molar-refractivity contribution in [3.63, 3.8) is 0 Å². The molecule has 0 bridgehead atoms. The Morgan fingerprint density at radius 1 is 1.00 bits per heavy atom. The zero-order chi connectivity index (χ0) is 18.1. The van der Waals surface area contributed by atoms with E-state index in [1.165, 1.54) is 27.5 Å². The van der Waals surface area contributed by atoms with Crippen LogP contribution in [-0.2, 0) is 19.6 Å². The molecule has 0 fully saturated rings. The molecule has 3 aromatic carbocycles. The molecule has 1 unspecified atom stereocenters. The predicted molar refractivity (Wildman–Crippen MR) is 105 cm³/mol. The minimum Gasteiger partial charge on any atom is -0.497 e. The van der Waals surface area contributed by atoms with E-state index in [0.717, 1.165) is 30.8 Å². The van der Waals surface area contributed by atoms with Gasteiger partial charge in [0.2, 0.25) is 0 Å². The smallest absolute Gasteiger partial charge is 0.119 e. The first-order valence-electron chi connectivity index (χ1n) is 9.21. The summed E-state index contributed by atoms with van der Waals surface area (Å²) in [5.74, 6) is 0.946. The highest BCUT2D eigenvalue weighted by Crippen LogP contribution is 2.33. The molecule has 0 radical (unpaired) electrons. The van der Waals surface area contributed by atoms with E-state index in [0.29, 0.717) is 6.04 Å². The molecule has 1 heterocycles. The van der Waals surface area contributed by atoms with E-state index in [-0.39, 0.29) is 6.61 Å². The number of aliphatic hydroxyl groups is 1. The van der Waals surface area contributed by atoms with Crippen LogP contribution in [0.25, 0.3) is 10.8 Å². The molecule has 1 atom stereocenters. The van der Waals surface area contributed by atoms with Gasteiger partial charge in [0.15, 0.2) is 0 Å². The molecule has 1 aliphatic heterocycles. The van der Waals surface area contributed by atoms with Crippen molar-refractivity contribution in [3.05, 3.63) is 76.9 Å². The molecule has 0 aromatic heterocycles. The Morgan fingerprint density at radius 2 is 1.73 bits per heavy atom. The van der Waals surface area contributed by atoms with E-state index in [9.17, 15) is 5.11 Å². The zero-order valence-corrected chi connectivity index (χ0v) is 15.4. The third-order valence-corrected chi connectivity index (χ3v) is 5.55. The van der Waals surface area contributed by atoms with Gasteiger partial charge in [-0.25, -0.2) is 0 Å². The van der Waals surface area contributed by atoms with E-state index in [2.05, 4.69) is 60.4 Å². The molecule has 1 aliphatic rings. The average Bonchev–Trinajstić information content (AvgIpc) is 2.69. The molecule has 0 amide bonds. The van der Waals surface area contributed by atoms with Crippen molar-refractivity contribution in [1.82, 2.24) is 4.90 Å². The molecule has 3 aromatic rings. The van der Waals surface area contributed by atoms with E-state index >= 15 is 0 Å². The maximum atomic E-state index is 9.30. The standard InChI is InChI=1S/C23H25NO2/c1-16-23-8-7-22(26-2)13-21(23)9-10-24(16)14-17-3-5-20-12-18(15-25)4-6-19(20)11-17/h3-8,11-13,16,25H,9-10,14-15H2,1-2H3. The van der Waals surface area contributed by atoms with Crippen molar-refractivity contribution in [2.24, 2.45) is 0 Å². The number of hydrogen-bond donors (Lipinski definition) is 1. The fourth-order valence-corrected chi connectivity index (χ4v) is 3.98. The summed E-state index contributed by atoms with van der Waals surface area (Å²) in [4.78, 5) is 2.54. The van der Waals surface area contributed by atoms with Gasteiger partial charge in [0.25, 0.3) is 0 Å². The first kappa shape index (κ1) is 17.1. The molecule has 0 spiro atoms. The van der Waals surface area contributed by atoms with E-state index in [1.807, 2.05) is 6.07 Å². The van der Waals surface area contributed by atoms with Gasteiger partial charge in [-0.2, -0.15) is 0 Å². The Bertz CT molecular complexity index is 935. The lowest BCUT2D eigenvalue weighted by Crippen LogP contribution is -2.33. The van der Waals surface area contributed by atoms with Crippen LogP contribution in [0.4, 0.5) is 0 Å².